The standard InChI is InChI=1S/C25H41NO3/c1-18(2)16-21(24(3,4)26)19-10-12-20(13-11-19)23(27)29-22(28-6)17-25(5)14-8-7-9-15-25/h10-13,18,21-22H,7-9,14-17,26H2,1-6H3. The lowest BCUT2D eigenvalue weighted by molar-refractivity contribution is -0.114. The second-order valence-corrected chi connectivity index (χ2v) is 10.3. The zero-order valence-corrected chi connectivity index (χ0v) is 19.3. The van der Waals surface area contributed by atoms with Crippen molar-refractivity contribution >= 4 is 5.97 Å². The summed E-state index contributed by atoms with van der Waals surface area (Å²) < 4.78 is 11.2. The van der Waals surface area contributed by atoms with Crippen LogP contribution in [0.2, 0.25) is 0 Å². The highest BCUT2D eigenvalue weighted by molar-refractivity contribution is 5.89. The molecule has 0 aliphatic heterocycles. The van der Waals surface area contributed by atoms with Gasteiger partial charge in [0.15, 0.2) is 0 Å². The summed E-state index contributed by atoms with van der Waals surface area (Å²) in [5, 5.41) is 0. The molecule has 2 unspecified atom stereocenters. The number of carbonyl (C=O) groups is 1. The van der Waals surface area contributed by atoms with Crippen LogP contribution in [-0.2, 0) is 9.47 Å². The lowest BCUT2D eigenvalue weighted by Crippen LogP contribution is -2.40. The molecular formula is C25H41NO3. The molecule has 0 saturated heterocycles. The zero-order chi connectivity index (χ0) is 21.7. The Morgan fingerprint density at radius 3 is 2.21 bits per heavy atom. The Morgan fingerprint density at radius 2 is 1.72 bits per heavy atom. The van der Waals surface area contributed by atoms with Gasteiger partial charge in [0.25, 0.3) is 0 Å². The molecule has 0 amide bonds. The van der Waals surface area contributed by atoms with Crippen molar-refractivity contribution in [2.45, 2.75) is 97.3 Å². The lowest BCUT2D eigenvalue weighted by Gasteiger charge is -2.35. The van der Waals surface area contributed by atoms with E-state index in [1.807, 2.05) is 24.3 Å². The largest absolute Gasteiger partial charge is 0.432 e. The van der Waals surface area contributed by atoms with E-state index in [1.54, 1.807) is 7.11 Å². The SMILES string of the molecule is COC(CC1(C)CCCCC1)OC(=O)c1ccc(C(CC(C)C)C(C)(C)N)cc1. The van der Waals surface area contributed by atoms with Gasteiger partial charge in [0.1, 0.15) is 0 Å². The molecule has 0 bridgehead atoms. The molecule has 2 N–H and O–H groups in total. The van der Waals surface area contributed by atoms with Crippen molar-refractivity contribution in [2.75, 3.05) is 7.11 Å². The Hall–Kier alpha value is -1.39. The van der Waals surface area contributed by atoms with Gasteiger partial charge in [-0.15, -0.1) is 0 Å². The molecule has 29 heavy (non-hydrogen) atoms. The smallest absolute Gasteiger partial charge is 0.340 e. The van der Waals surface area contributed by atoms with Crippen LogP contribution in [0.15, 0.2) is 24.3 Å². The summed E-state index contributed by atoms with van der Waals surface area (Å²) >= 11 is 0. The van der Waals surface area contributed by atoms with Crippen LogP contribution in [0.5, 0.6) is 0 Å². The molecule has 164 valence electrons. The van der Waals surface area contributed by atoms with Crippen LogP contribution in [0.1, 0.15) is 101 Å². The van der Waals surface area contributed by atoms with Gasteiger partial charge in [-0.3, -0.25) is 0 Å². The first-order valence-corrected chi connectivity index (χ1v) is 11.2. The van der Waals surface area contributed by atoms with Crippen LogP contribution in [0.25, 0.3) is 0 Å². The van der Waals surface area contributed by atoms with Crippen LogP contribution in [0, 0.1) is 11.3 Å². The molecule has 0 heterocycles. The maximum absolute atomic E-state index is 12.7. The number of hydrogen-bond donors (Lipinski definition) is 1. The molecule has 0 radical (unpaired) electrons. The van der Waals surface area contributed by atoms with E-state index in [1.165, 1.54) is 37.7 Å². The van der Waals surface area contributed by atoms with E-state index in [0.29, 0.717) is 11.5 Å². The highest BCUT2D eigenvalue weighted by Crippen LogP contribution is 2.40. The Morgan fingerprint density at radius 1 is 1.14 bits per heavy atom. The van der Waals surface area contributed by atoms with Gasteiger partial charge in [-0.25, -0.2) is 4.79 Å². The number of nitrogens with two attached hydrogens (primary N) is 1. The maximum atomic E-state index is 12.7. The average molecular weight is 404 g/mol. The number of rotatable bonds is 9. The molecule has 1 aliphatic carbocycles. The molecule has 1 aromatic rings. The van der Waals surface area contributed by atoms with Crippen LogP contribution in [-0.4, -0.2) is 24.9 Å². The second-order valence-electron chi connectivity index (χ2n) is 10.3. The lowest BCUT2D eigenvalue weighted by atomic mass is 9.73. The molecule has 4 nitrogen and oxygen atoms in total. The first-order valence-electron chi connectivity index (χ1n) is 11.2. The highest BCUT2D eigenvalue weighted by atomic mass is 16.7. The molecule has 0 aromatic heterocycles. The summed E-state index contributed by atoms with van der Waals surface area (Å²) in [6, 6.07) is 7.74. The molecule has 0 spiro atoms. The first kappa shape index (κ1) is 23.9. The summed E-state index contributed by atoms with van der Waals surface area (Å²) in [4.78, 5) is 12.7. The van der Waals surface area contributed by atoms with Gasteiger partial charge in [0.05, 0.1) is 5.56 Å². The predicted octanol–water partition coefficient (Wildman–Crippen LogP) is 6.04. The quantitative estimate of drug-likeness (QED) is 0.403. The van der Waals surface area contributed by atoms with Crippen molar-refractivity contribution in [3.63, 3.8) is 0 Å². The minimum absolute atomic E-state index is 0.194. The van der Waals surface area contributed by atoms with Crippen molar-refractivity contribution in [2.24, 2.45) is 17.1 Å². The normalized spacial score (nSPS) is 19.0. The summed E-state index contributed by atoms with van der Waals surface area (Å²) in [5.41, 5.74) is 8.04. The fraction of sp³-hybridized carbons (Fsp3) is 0.720. The highest BCUT2D eigenvalue weighted by Gasteiger charge is 2.32. The van der Waals surface area contributed by atoms with E-state index in [-0.39, 0.29) is 22.8 Å². The summed E-state index contributed by atoms with van der Waals surface area (Å²) in [6.07, 6.45) is 7.41. The second kappa shape index (κ2) is 10.1. The van der Waals surface area contributed by atoms with Gasteiger partial charge in [-0.05, 0) is 62.1 Å². The molecule has 1 aromatic carbocycles. The molecular weight excluding hydrogens is 362 g/mol. The summed E-state index contributed by atoms with van der Waals surface area (Å²) in [5.74, 6) is 0.469. The molecule has 2 rings (SSSR count). The third-order valence-electron chi connectivity index (χ3n) is 6.38. The minimum Gasteiger partial charge on any atom is -0.432 e. The van der Waals surface area contributed by atoms with Gasteiger partial charge in [-0.2, -0.15) is 0 Å². The summed E-state index contributed by atoms with van der Waals surface area (Å²) in [6.45, 7) is 10.8. The monoisotopic (exact) mass is 403 g/mol. The zero-order valence-electron chi connectivity index (χ0n) is 19.3. The van der Waals surface area contributed by atoms with Crippen LogP contribution >= 0.6 is 0 Å². The van der Waals surface area contributed by atoms with Crippen molar-refractivity contribution in [1.82, 2.24) is 0 Å². The average Bonchev–Trinajstić information content (AvgIpc) is 2.65. The number of benzene rings is 1. The molecule has 4 heteroatoms. The van der Waals surface area contributed by atoms with Crippen LogP contribution < -0.4 is 5.73 Å². The van der Waals surface area contributed by atoms with Gasteiger partial charge in [0.2, 0.25) is 6.29 Å². The topological polar surface area (TPSA) is 61.5 Å². The van der Waals surface area contributed by atoms with Crippen LogP contribution in [0.4, 0.5) is 0 Å². The van der Waals surface area contributed by atoms with E-state index < -0.39 is 6.29 Å². The fourth-order valence-electron chi connectivity index (χ4n) is 4.56. The van der Waals surface area contributed by atoms with Gasteiger partial charge in [-0.1, -0.05) is 52.2 Å². The number of ether oxygens (including phenoxy) is 2. The van der Waals surface area contributed by atoms with Crippen LogP contribution in [0.3, 0.4) is 0 Å². The number of hydrogen-bond acceptors (Lipinski definition) is 4. The van der Waals surface area contributed by atoms with Crippen molar-refractivity contribution in [3.05, 3.63) is 35.4 Å². The van der Waals surface area contributed by atoms with E-state index in [9.17, 15) is 4.79 Å². The van der Waals surface area contributed by atoms with E-state index in [0.717, 1.165) is 12.8 Å². The maximum Gasteiger partial charge on any atom is 0.340 e. The van der Waals surface area contributed by atoms with Crippen molar-refractivity contribution < 1.29 is 14.3 Å². The number of methoxy groups -OCH3 is 1. The Labute approximate surface area is 177 Å². The fourth-order valence-corrected chi connectivity index (χ4v) is 4.56. The molecule has 1 saturated carbocycles. The van der Waals surface area contributed by atoms with Gasteiger partial charge >= 0.3 is 5.97 Å². The first-order chi connectivity index (χ1) is 13.5. The Bertz CT molecular complexity index is 639. The summed E-state index contributed by atoms with van der Waals surface area (Å²) in [7, 11) is 1.62. The van der Waals surface area contributed by atoms with E-state index >= 15 is 0 Å². The third-order valence-corrected chi connectivity index (χ3v) is 6.38. The Balaban J connectivity index is 2.05. The van der Waals surface area contributed by atoms with Crippen molar-refractivity contribution in [1.29, 1.82) is 0 Å². The third kappa shape index (κ3) is 7.11. The van der Waals surface area contributed by atoms with Crippen molar-refractivity contribution in [3.8, 4) is 0 Å². The van der Waals surface area contributed by atoms with E-state index in [4.69, 9.17) is 15.2 Å². The minimum atomic E-state index is -0.498. The molecule has 1 fully saturated rings. The molecule has 2 atom stereocenters. The van der Waals surface area contributed by atoms with Gasteiger partial charge in [0, 0.05) is 25.0 Å². The van der Waals surface area contributed by atoms with E-state index in [2.05, 4.69) is 34.6 Å². The predicted molar refractivity (Wildman–Crippen MR) is 119 cm³/mol. The molecule has 1 aliphatic rings. The van der Waals surface area contributed by atoms with Gasteiger partial charge < -0.3 is 15.2 Å². The number of esters is 1. The Kier molecular flexibility index (Phi) is 8.30. The number of carbonyl (C=O) groups excluding carboxylic acids is 1.